The molecule has 0 saturated carbocycles. The predicted octanol–water partition coefficient (Wildman–Crippen LogP) is 2.60. The van der Waals surface area contributed by atoms with E-state index in [-0.39, 0.29) is 0 Å². The van der Waals surface area contributed by atoms with Gasteiger partial charge in [-0.1, -0.05) is 6.07 Å². The minimum absolute atomic E-state index is 0.502. The van der Waals surface area contributed by atoms with Crippen LogP contribution in [0.5, 0.6) is 0 Å². The van der Waals surface area contributed by atoms with Crippen LogP contribution in [0.15, 0.2) is 24.4 Å². The molecule has 0 bridgehead atoms. The molecule has 0 amide bonds. The zero-order chi connectivity index (χ0) is 15.9. The van der Waals surface area contributed by atoms with Crippen LogP contribution in [0, 0.1) is 13.8 Å². The normalized spacial score (nSPS) is 10.8. The molecule has 0 aliphatic heterocycles. The highest BCUT2D eigenvalue weighted by atomic mass is 15.3. The van der Waals surface area contributed by atoms with Crippen molar-refractivity contribution in [2.24, 2.45) is 0 Å². The van der Waals surface area contributed by atoms with Gasteiger partial charge < -0.3 is 15.5 Å². The van der Waals surface area contributed by atoms with Gasteiger partial charge in [0.25, 0.3) is 0 Å². The van der Waals surface area contributed by atoms with Crippen molar-refractivity contribution in [1.29, 1.82) is 0 Å². The minimum Gasteiger partial charge on any atom is -0.369 e. The Hall–Kier alpha value is -2.21. The summed E-state index contributed by atoms with van der Waals surface area (Å²) < 4.78 is 0. The van der Waals surface area contributed by atoms with E-state index in [1.54, 1.807) is 6.20 Å². The molecule has 118 valence electrons. The van der Waals surface area contributed by atoms with Crippen LogP contribution in [-0.2, 0) is 0 Å². The number of rotatable bonds is 7. The van der Waals surface area contributed by atoms with Gasteiger partial charge in [-0.3, -0.25) is 0 Å². The zero-order valence-corrected chi connectivity index (χ0v) is 13.7. The average molecular weight is 300 g/mol. The Morgan fingerprint density at radius 2 is 1.82 bits per heavy atom. The average Bonchev–Trinajstić information content (AvgIpc) is 2.43. The first-order valence-electron chi connectivity index (χ1n) is 7.46. The molecule has 6 nitrogen and oxygen atoms in total. The molecule has 1 aromatic heterocycles. The molecule has 0 atom stereocenters. The summed E-state index contributed by atoms with van der Waals surface area (Å²) in [5.41, 5.74) is 3.38. The van der Waals surface area contributed by atoms with Crippen molar-refractivity contribution in [1.82, 2.24) is 20.1 Å². The maximum Gasteiger partial charge on any atom is 0.249 e. The van der Waals surface area contributed by atoms with Gasteiger partial charge in [0.15, 0.2) is 5.82 Å². The second-order valence-corrected chi connectivity index (χ2v) is 5.75. The molecule has 2 N–H and O–H groups in total. The lowest BCUT2D eigenvalue weighted by Gasteiger charge is -2.11. The molecule has 0 spiro atoms. The topological polar surface area (TPSA) is 66.0 Å². The Morgan fingerprint density at radius 3 is 2.50 bits per heavy atom. The van der Waals surface area contributed by atoms with E-state index >= 15 is 0 Å². The molecule has 1 aromatic carbocycles. The summed E-state index contributed by atoms with van der Waals surface area (Å²) in [4.78, 5) is 6.59. The summed E-state index contributed by atoms with van der Waals surface area (Å²) in [5, 5.41) is 14.5. The van der Waals surface area contributed by atoms with Gasteiger partial charge >= 0.3 is 0 Å². The maximum absolute atomic E-state index is 4.43. The third-order valence-electron chi connectivity index (χ3n) is 3.12. The standard InChI is InChI=1S/C16H24N6/c1-12-8-13(2)10-14(9-12)19-16-20-15(11-18-21-16)17-6-5-7-22(3)4/h8-11H,5-7H2,1-4H3,(H2,17,19,20,21). The molecule has 2 aromatic rings. The second-order valence-electron chi connectivity index (χ2n) is 5.75. The van der Waals surface area contributed by atoms with Crippen LogP contribution >= 0.6 is 0 Å². The monoisotopic (exact) mass is 300 g/mol. The number of benzene rings is 1. The molecule has 2 rings (SSSR count). The molecule has 0 unspecified atom stereocenters. The maximum atomic E-state index is 4.43. The SMILES string of the molecule is Cc1cc(C)cc(Nc2nncc(NCCCN(C)C)n2)c1. The first kappa shape index (κ1) is 16.2. The molecular formula is C16H24N6. The highest BCUT2D eigenvalue weighted by molar-refractivity contribution is 5.56. The molecule has 0 aliphatic rings. The fraction of sp³-hybridized carbons (Fsp3) is 0.438. The molecule has 22 heavy (non-hydrogen) atoms. The molecule has 0 fully saturated rings. The van der Waals surface area contributed by atoms with Gasteiger partial charge in [0, 0.05) is 12.2 Å². The number of hydrogen-bond donors (Lipinski definition) is 2. The zero-order valence-electron chi connectivity index (χ0n) is 13.7. The van der Waals surface area contributed by atoms with Crippen LogP contribution in [-0.4, -0.2) is 47.3 Å². The van der Waals surface area contributed by atoms with E-state index in [0.717, 1.165) is 31.0 Å². The third-order valence-corrected chi connectivity index (χ3v) is 3.12. The third kappa shape index (κ3) is 5.29. The number of aryl methyl sites for hydroxylation is 2. The summed E-state index contributed by atoms with van der Waals surface area (Å²) in [6.07, 6.45) is 2.69. The van der Waals surface area contributed by atoms with Crippen LogP contribution in [0.1, 0.15) is 17.5 Å². The van der Waals surface area contributed by atoms with E-state index in [4.69, 9.17) is 0 Å². The smallest absolute Gasteiger partial charge is 0.249 e. The van der Waals surface area contributed by atoms with Crippen molar-refractivity contribution in [2.45, 2.75) is 20.3 Å². The van der Waals surface area contributed by atoms with Crippen molar-refractivity contribution < 1.29 is 0 Å². The van der Waals surface area contributed by atoms with Crippen LogP contribution in [0.25, 0.3) is 0 Å². The van der Waals surface area contributed by atoms with Crippen molar-refractivity contribution >= 4 is 17.5 Å². The van der Waals surface area contributed by atoms with E-state index in [1.807, 2.05) is 0 Å². The van der Waals surface area contributed by atoms with Crippen molar-refractivity contribution in [3.05, 3.63) is 35.5 Å². The molecule has 0 radical (unpaired) electrons. The number of nitrogens with one attached hydrogen (secondary N) is 2. The quantitative estimate of drug-likeness (QED) is 0.766. The minimum atomic E-state index is 0.502. The van der Waals surface area contributed by atoms with Gasteiger partial charge in [-0.25, -0.2) is 0 Å². The lowest BCUT2D eigenvalue weighted by atomic mass is 10.1. The number of hydrogen-bond acceptors (Lipinski definition) is 6. The van der Waals surface area contributed by atoms with E-state index in [0.29, 0.717) is 5.95 Å². The number of nitrogens with zero attached hydrogens (tertiary/aromatic N) is 4. The summed E-state index contributed by atoms with van der Waals surface area (Å²) in [5.74, 6) is 1.24. The summed E-state index contributed by atoms with van der Waals surface area (Å²) in [7, 11) is 4.14. The first-order valence-corrected chi connectivity index (χ1v) is 7.46. The molecule has 0 aliphatic carbocycles. The Labute approximate surface area is 132 Å². The largest absolute Gasteiger partial charge is 0.369 e. The van der Waals surface area contributed by atoms with E-state index in [9.17, 15) is 0 Å². The van der Waals surface area contributed by atoms with E-state index in [1.165, 1.54) is 11.1 Å². The van der Waals surface area contributed by atoms with Crippen LogP contribution in [0.4, 0.5) is 17.5 Å². The van der Waals surface area contributed by atoms with Crippen molar-refractivity contribution in [3.8, 4) is 0 Å². The van der Waals surface area contributed by atoms with Crippen molar-refractivity contribution in [3.63, 3.8) is 0 Å². The number of anilines is 3. The van der Waals surface area contributed by atoms with Gasteiger partial charge in [0.2, 0.25) is 5.95 Å². The Balaban J connectivity index is 1.96. The summed E-state index contributed by atoms with van der Waals surface area (Å²) in [6.45, 7) is 6.04. The van der Waals surface area contributed by atoms with Gasteiger partial charge in [0.1, 0.15) is 0 Å². The van der Waals surface area contributed by atoms with Gasteiger partial charge in [-0.2, -0.15) is 10.1 Å². The molecular weight excluding hydrogens is 276 g/mol. The molecule has 0 saturated heterocycles. The fourth-order valence-electron chi connectivity index (χ4n) is 2.23. The van der Waals surface area contributed by atoms with Gasteiger partial charge in [-0.15, -0.1) is 5.10 Å². The highest BCUT2D eigenvalue weighted by Crippen LogP contribution is 2.17. The van der Waals surface area contributed by atoms with Gasteiger partial charge in [0.05, 0.1) is 6.20 Å². The highest BCUT2D eigenvalue weighted by Gasteiger charge is 2.02. The van der Waals surface area contributed by atoms with E-state index < -0.39 is 0 Å². The lowest BCUT2D eigenvalue weighted by Crippen LogP contribution is -2.17. The second kappa shape index (κ2) is 7.70. The Kier molecular flexibility index (Phi) is 5.66. The lowest BCUT2D eigenvalue weighted by molar-refractivity contribution is 0.405. The van der Waals surface area contributed by atoms with Gasteiger partial charge in [-0.05, 0) is 64.2 Å². The molecule has 6 heteroatoms. The predicted molar refractivity (Wildman–Crippen MR) is 90.7 cm³/mol. The Morgan fingerprint density at radius 1 is 1.09 bits per heavy atom. The summed E-state index contributed by atoms with van der Waals surface area (Å²) >= 11 is 0. The van der Waals surface area contributed by atoms with Crippen molar-refractivity contribution in [2.75, 3.05) is 37.8 Å². The number of aromatic nitrogens is 3. The summed E-state index contributed by atoms with van der Waals surface area (Å²) in [6, 6.07) is 6.26. The van der Waals surface area contributed by atoms with Crippen LogP contribution < -0.4 is 10.6 Å². The fourth-order valence-corrected chi connectivity index (χ4v) is 2.23. The van der Waals surface area contributed by atoms with Crippen LogP contribution in [0.2, 0.25) is 0 Å². The van der Waals surface area contributed by atoms with E-state index in [2.05, 4.69) is 76.9 Å². The Bertz CT molecular complexity index is 591. The van der Waals surface area contributed by atoms with Crippen LogP contribution in [0.3, 0.4) is 0 Å². The first-order chi connectivity index (χ1) is 10.5. The molecule has 1 heterocycles.